The SMILES string of the molecule is CCN(CC)C(CNC(=NC)NC1CCN(C(C)C)CC1)c1ccccc1Cl.I. The van der Waals surface area contributed by atoms with Gasteiger partial charge in [-0.2, -0.15) is 0 Å². The molecule has 1 saturated heterocycles. The Morgan fingerprint density at radius 2 is 1.83 bits per heavy atom. The van der Waals surface area contributed by atoms with Crippen molar-refractivity contribution in [1.29, 1.82) is 0 Å². The standard InChI is InChI=1S/C22H38ClN5.HI/c1-6-27(7-2)21(19-10-8-9-11-20(19)23)16-25-22(24-5)26-18-12-14-28(15-13-18)17(3)4;/h8-11,17-18,21H,6-7,12-16H2,1-5H3,(H2,24,25,26);1H. The van der Waals surface area contributed by atoms with Crippen molar-refractivity contribution in [2.75, 3.05) is 39.8 Å². The highest BCUT2D eigenvalue weighted by Gasteiger charge is 2.23. The summed E-state index contributed by atoms with van der Waals surface area (Å²) in [7, 11) is 1.85. The maximum Gasteiger partial charge on any atom is 0.191 e. The third-order valence-electron chi connectivity index (χ3n) is 5.80. The Bertz CT molecular complexity index is 613. The molecule has 29 heavy (non-hydrogen) atoms. The first-order valence-electron chi connectivity index (χ1n) is 10.7. The Morgan fingerprint density at radius 1 is 1.21 bits per heavy atom. The topological polar surface area (TPSA) is 42.9 Å². The Balaban J connectivity index is 0.00000420. The van der Waals surface area contributed by atoms with Crippen LogP contribution in [0.1, 0.15) is 52.1 Å². The van der Waals surface area contributed by atoms with Gasteiger partial charge in [-0.25, -0.2) is 0 Å². The van der Waals surface area contributed by atoms with Gasteiger partial charge in [0.2, 0.25) is 0 Å². The number of piperidine rings is 1. The molecule has 0 radical (unpaired) electrons. The summed E-state index contributed by atoms with van der Waals surface area (Å²) in [5.41, 5.74) is 1.17. The molecule has 0 aliphatic carbocycles. The van der Waals surface area contributed by atoms with E-state index in [1.54, 1.807) is 0 Å². The van der Waals surface area contributed by atoms with Crippen LogP contribution in [0.15, 0.2) is 29.3 Å². The molecule has 7 heteroatoms. The zero-order chi connectivity index (χ0) is 20.5. The molecule has 0 bridgehead atoms. The molecule has 1 fully saturated rings. The van der Waals surface area contributed by atoms with E-state index in [0.29, 0.717) is 12.1 Å². The fourth-order valence-electron chi connectivity index (χ4n) is 3.99. The molecular formula is C22H39ClIN5. The molecule has 0 aromatic heterocycles. The fraction of sp³-hybridized carbons (Fsp3) is 0.682. The zero-order valence-corrected chi connectivity index (χ0v) is 21.7. The van der Waals surface area contributed by atoms with Crippen LogP contribution in [0, 0.1) is 0 Å². The van der Waals surface area contributed by atoms with Crippen molar-refractivity contribution in [3.05, 3.63) is 34.9 Å². The summed E-state index contributed by atoms with van der Waals surface area (Å²) in [5.74, 6) is 0.882. The number of likely N-dealkylation sites (N-methyl/N-ethyl adjacent to an activating group) is 1. The molecule has 5 nitrogen and oxygen atoms in total. The lowest BCUT2D eigenvalue weighted by molar-refractivity contribution is 0.167. The Labute approximate surface area is 199 Å². The van der Waals surface area contributed by atoms with Crippen molar-refractivity contribution >= 4 is 41.5 Å². The number of aliphatic imine (C=N–C) groups is 1. The van der Waals surface area contributed by atoms with Crippen molar-refractivity contribution in [2.45, 2.75) is 58.7 Å². The van der Waals surface area contributed by atoms with Crippen LogP contribution in [-0.2, 0) is 0 Å². The lowest BCUT2D eigenvalue weighted by atomic mass is 10.0. The van der Waals surface area contributed by atoms with E-state index in [-0.39, 0.29) is 30.0 Å². The fourth-order valence-corrected chi connectivity index (χ4v) is 4.25. The van der Waals surface area contributed by atoms with Gasteiger partial charge in [0.1, 0.15) is 0 Å². The predicted octanol–water partition coefficient (Wildman–Crippen LogP) is 4.38. The summed E-state index contributed by atoms with van der Waals surface area (Å²) in [6.07, 6.45) is 2.31. The Kier molecular flexibility index (Phi) is 12.5. The van der Waals surface area contributed by atoms with Gasteiger partial charge in [-0.05, 0) is 51.4 Å². The van der Waals surface area contributed by atoms with Crippen LogP contribution in [0.25, 0.3) is 0 Å². The first kappa shape index (κ1) is 26.5. The van der Waals surface area contributed by atoms with Crippen LogP contribution in [0.4, 0.5) is 0 Å². The molecule has 166 valence electrons. The number of nitrogens with one attached hydrogen (secondary N) is 2. The van der Waals surface area contributed by atoms with Gasteiger partial charge in [-0.15, -0.1) is 24.0 Å². The lowest BCUT2D eigenvalue weighted by Gasteiger charge is -2.36. The van der Waals surface area contributed by atoms with Gasteiger partial charge in [0.05, 0.1) is 6.04 Å². The molecule has 1 aromatic rings. The first-order chi connectivity index (χ1) is 13.5. The van der Waals surface area contributed by atoms with Crippen LogP contribution in [0.3, 0.4) is 0 Å². The molecule has 0 amide bonds. The van der Waals surface area contributed by atoms with Gasteiger partial charge in [0.15, 0.2) is 5.96 Å². The van der Waals surface area contributed by atoms with Gasteiger partial charge in [-0.1, -0.05) is 43.6 Å². The number of benzene rings is 1. The normalized spacial score (nSPS) is 17.3. The number of likely N-dealkylation sites (tertiary alicyclic amines) is 1. The minimum Gasteiger partial charge on any atom is -0.354 e. The molecule has 0 spiro atoms. The van der Waals surface area contributed by atoms with Gasteiger partial charge < -0.3 is 15.5 Å². The van der Waals surface area contributed by atoms with Crippen molar-refractivity contribution in [3.63, 3.8) is 0 Å². The first-order valence-corrected chi connectivity index (χ1v) is 11.1. The minimum absolute atomic E-state index is 0. The molecule has 2 N–H and O–H groups in total. The summed E-state index contributed by atoms with van der Waals surface area (Å²) < 4.78 is 0. The molecule has 1 aliphatic rings. The number of hydrogen-bond donors (Lipinski definition) is 2. The largest absolute Gasteiger partial charge is 0.354 e. The number of guanidine groups is 1. The van der Waals surface area contributed by atoms with E-state index in [2.05, 4.69) is 65.3 Å². The summed E-state index contributed by atoms with van der Waals surface area (Å²) in [5, 5.41) is 8.00. The van der Waals surface area contributed by atoms with Crippen LogP contribution < -0.4 is 10.6 Å². The minimum atomic E-state index is 0. The van der Waals surface area contributed by atoms with Crippen molar-refractivity contribution in [3.8, 4) is 0 Å². The number of hydrogen-bond acceptors (Lipinski definition) is 3. The molecule has 1 atom stereocenters. The van der Waals surface area contributed by atoms with Crippen LogP contribution in [-0.4, -0.2) is 67.6 Å². The second-order valence-corrected chi connectivity index (χ2v) is 8.17. The monoisotopic (exact) mass is 535 g/mol. The van der Waals surface area contributed by atoms with E-state index in [1.807, 2.05) is 19.2 Å². The molecule has 2 rings (SSSR count). The van der Waals surface area contributed by atoms with Gasteiger partial charge >= 0.3 is 0 Å². The molecular weight excluding hydrogens is 497 g/mol. The maximum atomic E-state index is 6.52. The summed E-state index contributed by atoms with van der Waals surface area (Å²) in [4.78, 5) is 9.44. The molecule has 1 aliphatic heterocycles. The van der Waals surface area contributed by atoms with Crippen molar-refractivity contribution in [1.82, 2.24) is 20.4 Å². The van der Waals surface area contributed by atoms with E-state index >= 15 is 0 Å². The Morgan fingerprint density at radius 3 is 2.34 bits per heavy atom. The van der Waals surface area contributed by atoms with Crippen LogP contribution in [0.2, 0.25) is 5.02 Å². The van der Waals surface area contributed by atoms with E-state index in [4.69, 9.17) is 11.6 Å². The quantitative estimate of drug-likeness (QED) is 0.295. The van der Waals surface area contributed by atoms with E-state index in [1.165, 1.54) is 5.56 Å². The average Bonchev–Trinajstić information content (AvgIpc) is 2.71. The highest BCUT2D eigenvalue weighted by molar-refractivity contribution is 14.0. The lowest BCUT2D eigenvalue weighted by Crippen LogP contribution is -2.51. The molecule has 1 unspecified atom stereocenters. The number of rotatable bonds is 8. The second-order valence-electron chi connectivity index (χ2n) is 7.76. The van der Waals surface area contributed by atoms with Crippen LogP contribution >= 0.6 is 35.6 Å². The number of halogens is 2. The van der Waals surface area contributed by atoms with Crippen molar-refractivity contribution in [2.24, 2.45) is 4.99 Å². The summed E-state index contributed by atoms with van der Waals surface area (Å²) >= 11 is 6.52. The maximum absolute atomic E-state index is 6.52. The molecule has 1 aromatic carbocycles. The summed E-state index contributed by atoms with van der Waals surface area (Å²) in [6, 6.07) is 9.48. The summed E-state index contributed by atoms with van der Waals surface area (Å²) in [6.45, 7) is 14.0. The third-order valence-corrected chi connectivity index (χ3v) is 6.15. The molecule has 1 heterocycles. The highest BCUT2D eigenvalue weighted by Crippen LogP contribution is 2.27. The second kappa shape index (κ2) is 13.7. The molecule has 0 saturated carbocycles. The Hall–Kier alpha value is -0.570. The highest BCUT2D eigenvalue weighted by atomic mass is 127. The van der Waals surface area contributed by atoms with E-state index < -0.39 is 0 Å². The average molecular weight is 536 g/mol. The van der Waals surface area contributed by atoms with Crippen LogP contribution in [0.5, 0.6) is 0 Å². The predicted molar refractivity (Wildman–Crippen MR) is 137 cm³/mol. The van der Waals surface area contributed by atoms with Gasteiger partial charge in [-0.3, -0.25) is 9.89 Å². The van der Waals surface area contributed by atoms with Crippen molar-refractivity contribution < 1.29 is 0 Å². The van der Waals surface area contributed by atoms with E-state index in [0.717, 1.165) is 56.5 Å². The zero-order valence-electron chi connectivity index (χ0n) is 18.6. The van der Waals surface area contributed by atoms with Gasteiger partial charge in [0, 0.05) is 43.8 Å². The number of nitrogens with zero attached hydrogens (tertiary/aromatic N) is 3. The smallest absolute Gasteiger partial charge is 0.191 e. The van der Waals surface area contributed by atoms with Gasteiger partial charge in [0.25, 0.3) is 0 Å². The van der Waals surface area contributed by atoms with E-state index in [9.17, 15) is 0 Å². The third kappa shape index (κ3) is 7.89.